The zero-order valence-corrected chi connectivity index (χ0v) is 42.5. The molecule has 10 rings (SSSR count). The number of hydrogen-bond acceptors (Lipinski definition) is 4. The van der Waals surface area contributed by atoms with Crippen LogP contribution in [-0.2, 0) is 35.6 Å². The number of rotatable bonds is 8. The quantitative estimate of drug-likeness (QED) is 0.112. The van der Waals surface area contributed by atoms with E-state index in [-0.39, 0.29) is 40.9 Å². The molecule has 9 aromatic rings. The molecule has 0 spiro atoms. The zero-order valence-electron chi connectivity index (χ0n) is 45.2. The Morgan fingerprint density at radius 1 is 0.632 bits per heavy atom. The predicted molar refractivity (Wildman–Crippen MR) is 276 cm³/mol. The summed E-state index contributed by atoms with van der Waals surface area (Å²) in [6.07, 6.45) is 4.48. The van der Waals surface area contributed by atoms with Crippen molar-refractivity contribution in [3.63, 3.8) is 0 Å². The molecular weight excluding hydrogens is 1010 g/mol. The summed E-state index contributed by atoms with van der Waals surface area (Å²) < 4.78 is 58.4. The fraction of sp³-hybridized carbons (Fsp3) is 0.237. The van der Waals surface area contributed by atoms with Crippen molar-refractivity contribution in [2.75, 3.05) is 4.81 Å². The first-order valence-corrected chi connectivity index (χ1v) is 24.3. The van der Waals surface area contributed by atoms with Crippen molar-refractivity contribution in [1.82, 2.24) is 23.8 Å². The van der Waals surface area contributed by atoms with Gasteiger partial charge in [-0.05, 0) is 17.0 Å². The van der Waals surface area contributed by atoms with Gasteiger partial charge in [-0.3, -0.25) is 0 Å². The van der Waals surface area contributed by atoms with E-state index in [0.29, 0.717) is 28.4 Å². The summed E-state index contributed by atoms with van der Waals surface area (Å²) in [5.74, 6) is 1.80. The van der Waals surface area contributed by atoms with Crippen LogP contribution in [0.4, 0.5) is 11.5 Å². The number of anilines is 2. The first-order valence-electron chi connectivity index (χ1n) is 25.7. The molecule has 9 heteroatoms. The number of hydrogen-bond donors (Lipinski definition) is 0. The van der Waals surface area contributed by atoms with Gasteiger partial charge < -0.3 is 0 Å². The van der Waals surface area contributed by atoms with Crippen molar-refractivity contribution in [2.24, 2.45) is 0 Å². The van der Waals surface area contributed by atoms with Crippen LogP contribution in [0, 0.1) is 15.9 Å². The van der Waals surface area contributed by atoms with E-state index < -0.39 is 18.1 Å². The van der Waals surface area contributed by atoms with Gasteiger partial charge in [0.1, 0.15) is 0 Å². The molecule has 1 aliphatic rings. The molecule has 0 radical (unpaired) electrons. The number of fused-ring (bicyclic) bond motifs is 4. The Kier molecular flexibility index (Phi) is 10.0. The van der Waals surface area contributed by atoms with Crippen LogP contribution in [0.1, 0.15) is 92.8 Å². The molecule has 0 amide bonds. The summed E-state index contributed by atoms with van der Waals surface area (Å²) in [6, 6.07) is 42.3. The Balaban J connectivity index is 1.15. The van der Waals surface area contributed by atoms with E-state index >= 15 is 0 Å². The second-order valence-corrected chi connectivity index (χ2v) is 21.6. The normalized spacial score (nSPS) is 14.0. The van der Waals surface area contributed by atoms with E-state index in [2.05, 4.69) is 174 Å². The summed E-state index contributed by atoms with van der Waals surface area (Å²) in [5, 5.41) is 4.77. The van der Waals surface area contributed by atoms with Crippen LogP contribution in [0.15, 0.2) is 152 Å². The number of aromatic nitrogens is 5. The molecule has 0 aliphatic carbocycles. The van der Waals surface area contributed by atoms with Crippen LogP contribution in [0.25, 0.3) is 55.9 Å². The molecule has 7 nitrogen and oxygen atoms in total. The molecule has 6 aromatic carbocycles. The molecule has 1 aliphatic heterocycles. The molecule has 68 heavy (non-hydrogen) atoms. The van der Waals surface area contributed by atoms with E-state index in [1.54, 1.807) is 0 Å². The maximum absolute atomic E-state index is 9.27. The van der Waals surface area contributed by atoms with Crippen LogP contribution in [0.5, 0.6) is 11.5 Å². The number of benzene rings is 6. The van der Waals surface area contributed by atoms with Gasteiger partial charge in [-0.25, -0.2) is 0 Å². The second kappa shape index (κ2) is 17.2. The molecule has 0 bridgehead atoms. The van der Waals surface area contributed by atoms with Gasteiger partial charge in [0.2, 0.25) is 0 Å². The second-order valence-electron chi connectivity index (χ2n) is 20.6. The number of pyridine rings is 1. The molecule has 4 heterocycles. The Labute approximate surface area is 419 Å². The van der Waals surface area contributed by atoms with Crippen molar-refractivity contribution in [3.8, 4) is 56.4 Å². The van der Waals surface area contributed by atoms with Crippen LogP contribution in [0.3, 0.4) is 0 Å². The van der Waals surface area contributed by atoms with Gasteiger partial charge in [-0.1, -0.05) is 27.7 Å². The third-order valence-corrected chi connectivity index (χ3v) is 13.8. The first-order chi connectivity index (χ1) is 34.6. The summed E-state index contributed by atoms with van der Waals surface area (Å²) in [4.78, 5) is 7.12. The van der Waals surface area contributed by atoms with Crippen LogP contribution < -0.4 is 9.55 Å². The van der Waals surface area contributed by atoms with Crippen molar-refractivity contribution >= 4 is 29.5 Å². The van der Waals surface area contributed by atoms with Crippen LogP contribution >= 0.6 is 0 Å². The monoisotopic (exact) mass is 1080 g/mol. The van der Waals surface area contributed by atoms with E-state index in [1.807, 2.05) is 67.0 Å². The number of nitrogens with zero attached hydrogens (tertiary/aromatic N) is 6. The Bertz CT molecular complexity index is 3670. The maximum atomic E-state index is 9.27. The third kappa shape index (κ3) is 8.21. The van der Waals surface area contributed by atoms with Crippen molar-refractivity contribution < 1.29 is 30.9 Å². The summed E-state index contributed by atoms with van der Waals surface area (Å²) in [5.41, 5.74) is 11.4. The van der Waals surface area contributed by atoms with E-state index in [0.717, 1.165) is 66.2 Å². The number of ether oxygens (including phenoxy) is 1. The van der Waals surface area contributed by atoms with Gasteiger partial charge in [-0.15, -0.1) is 0 Å². The fourth-order valence-corrected chi connectivity index (χ4v) is 10.2. The molecule has 0 fully saturated rings. The average molecular weight is 1080 g/mol. The van der Waals surface area contributed by atoms with Gasteiger partial charge in [0, 0.05) is 12.4 Å². The van der Waals surface area contributed by atoms with E-state index in [4.69, 9.17) is 18.9 Å². The SMILES string of the molecule is [2H]c1c([2H])c([2H])c(-c2cccc(-c3cc(C(C)(C)C)cc(C(C)(C)C)c3)c2-n2[c](=[Pt])n(-c3[c-]c(Oc4[c-]c5c(cc4)-c4ccnn4B(CC)N5c4cc(C(C)(C)C)ccn4)ccc3)c3ccccc32)c([2H])c1[2H]. The Morgan fingerprint density at radius 2 is 1.28 bits per heavy atom. The van der Waals surface area contributed by atoms with Gasteiger partial charge in [-0.2, -0.15) is 5.10 Å². The molecule has 0 saturated heterocycles. The van der Waals surface area contributed by atoms with Gasteiger partial charge in [0.05, 0.1) is 0 Å². The predicted octanol–water partition coefficient (Wildman–Crippen LogP) is 14.9. The molecule has 0 saturated carbocycles. The van der Waals surface area contributed by atoms with E-state index in [1.165, 1.54) is 5.56 Å². The summed E-state index contributed by atoms with van der Waals surface area (Å²) in [7, 11) is 0. The first kappa shape index (κ1) is 39.5. The Morgan fingerprint density at radius 3 is 1.96 bits per heavy atom. The molecule has 344 valence electrons. The Hall–Kier alpha value is -6.50. The van der Waals surface area contributed by atoms with Crippen molar-refractivity contribution in [2.45, 2.75) is 91.8 Å². The third-order valence-electron chi connectivity index (χ3n) is 12.8. The van der Waals surface area contributed by atoms with Gasteiger partial charge in [0.25, 0.3) is 0 Å². The van der Waals surface area contributed by atoms with Gasteiger partial charge >= 0.3 is 359 Å². The van der Waals surface area contributed by atoms with Crippen molar-refractivity contribution in [1.29, 1.82) is 0 Å². The summed E-state index contributed by atoms with van der Waals surface area (Å²) >= 11 is 2.35. The van der Waals surface area contributed by atoms with Crippen molar-refractivity contribution in [3.05, 3.63) is 184 Å². The standard InChI is InChI=1S/C59H57BN6O.Pt/c1-11-60-65(55-36-42(29-31-61-55)57(2,3)4)54-38-47(27-28-50(54)51-30-32-62-66(51)60)67-46-22-17-21-45(37-46)63-39-64(53-26-16-15-25-52(53)63)56-48(40-19-13-12-14-20-40)23-18-24-49(56)41-33-43(58(5,6)7)35-44(34-41)59(8,9)10;/h12-36H,11H2,1-10H3;/q-2;/i12D,13D,14D,19D,20D;. The number of para-hydroxylation sites is 3. The summed E-state index contributed by atoms with van der Waals surface area (Å²) in [6.45, 7) is 21.9. The minimum atomic E-state index is -0.438. The number of imidazole rings is 1. The molecular formula is C59H57BN6OPt-2. The minimum absolute atomic E-state index is 0.0865. The van der Waals surface area contributed by atoms with E-state index in [9.17, 15) is 2.74 Å². The fourth-order valence-electron chi connectivity index (χ4n) is 9.13. The molecule has 0 unspecified atom stereocenters. The molecule has 0 atom stereocenters. The van der Waals surface area contributed by atoms with Crippen LogP contribution in [-0.4, -0.2) is 30.8 Å². The van der Waals surface area contributed by atoms with Gasteiger partial charge in [0.15, 0.2) is 0 Å². The van der Waals surface area contributed by atoms with Crippen LogP contribution in [0.2, 0.25) is 6.32 Å². The topological polar surface area (TPSA) is 53.0 Å². The molecule has 3 aromatic heterocycles. The zero-order chi connectivity index (χ0) is 52.1. The average Bonchev–Trinajstić information content (AvgIpc) is 3.96. The molecule has 0 N–H and O–H groups in total.